The Kier molecular flexibility index (Phi) is 10.6. The lowest BCUT2D eigenvalue weighted by atomic mass is 9.98. The minimum atomic E-state index is -1.37. The highest BCUT2D eigenvalue weighted by atomic mass is 35.5. The molecule has 5 N–H and O–H groups in total. The van der Waals surface area contributed by atoms with Crippen molar-refractivity contribution >= 4 is 24.2 Å². The second-order valence-corrected chi connectivity index (χ2v) is 8.22. The Morgan fingerprint density at radius 3 is 2.15 bits per heavy atom. The third kappa shape index (κ3) is 9.75. The van der Waals surface area contributed by atoms with Crippen molar-refractivity contribution in [2.24, 2.45) is 11.7 Å². The van der Waals surface area contributed by atoms with E-state index in [1.807, 2.05) is 65.0 Å². The Morgan fingerprint density at radius 1 is 1.11 bits per heavy atom. The highest BCUT2D eigenvalue weighted by molar-refractivity contribution is 5.86. The SMILES string of the molecule is CC(C)C[C@H](N)C(=O)NC(Cc1ccccc1)C(O)C(=O)NC(C)(C)C.Cl. The molecular formula is C20H34ClN3O3. The summed E-state index contributed by atoms with van der Waals surface area (Å²) >= 11 is 0. The summed E-state index contributed by atoms with van der Waals surface area (Å²) in [7, 11) is 0. The van der Waals surface area contributed by atoms with Gasteiger partial charge in [0.1, 0.15) is 0 Å². The number of hydrogen-bond acceptors (Lipinski definition) is 4. The van der Waals surface area contributed by atoms with E-state index in [4.69, 9.17) is 5.73 Å². The Bertz CT molecular complexity index is 588. The molecule has 0 aliphatic carbocycles. The summed E-state index contributed by atoms with van der Waals surface area (Å²) in [5.41, 5.74) is 6.38. The molecule has 2 unspecified atom stereocenters. The zero-order valence-corrected chi connectivity index (χ0v) is 17.7. The van der Waals surface area contributed by atoms with Crippen LogP contribution in [0.5, 0.6) is 0 Å². The van der Waals surface area contributed by atoms with Crippen LogP contribution in [0.25, 0.3) is 0 Å². The normalized spacial score (nSPS) is 14.7. The van der Waals surface area contributed by atoms with Crippen LogP contribution in [0.15, 0.2) is 30.3 Å². The number of carbonyl (C=O) groups excluding carboxylic acids is 2. The molecule has 0 fully saturated rings. The van der Waals surface area contributed by atoms with E-state index in [9.17, 15) is 14.7 Å². The predicted octanol–water partition coefficient (Wildman–Crippen LogP) is 1.78. The second-order valence-electron chi connectivity index (χ2n) is 8.22. The zero-order valence-electron chi connectivity index (χ0n) is 16.9. The van der Waals surface area contributed by atoms with Crippen LogP contribution < -0.4 is 16.4 Å². The third-order valence-electron chi connectivity index (χ3n) is 3.84. The monoisotopic (exact) mass is 399 g/mol. The summed E-state index contributed by atoms with van der Waals surface area (Å²) in [6, 6.07) is 7.99. The fourth-order valence-corrected chi connectivity index (χ4v) is 2.64. The van der Waals surface area contributed by atoms with Crippen molar-refractivity contribution in [3.05, 3.63) is 35.9 Å². The van der Waals surface area contributed by atoms with Crippen LogP contribution in [0.3, 0.4) is 0 Å². The van der Waals surface area contributed by atoms with Gasteiger partial charge in [0.25, 0.3) is 5.91 Å². The van der Waals surface area contributed by atoms with Crippen molar-refractivity contribution in [3.8, 4) is 0 Å². The largest absolute Gasteiger partial charge is 0.381 e. The van der Waals surface area contributed by atoms with Gasteiger partial charge in [-0.1, -0.05) is 44.2 Å². The average Bonchev–Trinajstić information content (AvgIpc) is 2.52. The maximum absolute atomic E-state index is 12.4. The molecule has 0 bridgehead atoms. The van der Waals surface area contributed by atoms with Gasteiger partial charge >= 0.3 is 0 Å². The van der Waals surface area contributed by atoms with Crippen LogP contribution >= 0.6 is 12.4 Å². The van der Waals surface area contributed by atoms with Crippen molar-refractivity contribution < 1.29 is 14.7 Å². The summed E-state index contributed by atoms with van der Waals surface area (Å²) in [5, 5.41) is 16.1. The maximum atomic E-state index is 12.4. The lowest BCUT2D eigenvalue weighted by Gasteiger charge is -2.28. The minimum absolute atomic E-state index is 0. The van der Waals surface area contributed by atoms with Crippen molar-refractivity contribution in [1.82, 2.24) is 10.6 Å². The Labute approximate surface area is 168 Å². The highest BCUT2D eigenvalue weighted by Gasteiger charge is 2.31. The van der Waals surface area contributed by atoms with Gasteiger partial charge < -0.3 is 21.5 Å². The molecule has 0 saturated carbocycles. The maximum Gasteiger partial charge on any atom is 0.251 e. The summed E-state index contributed by atoms with van der Waals surface area (Å²) in [4.78, 5) is 24.8. The van der Waals surface area contributed by atoms with Crippen LogP contribution in [0.2, 0.25) is 0 Å². The number of carbonyl (C=O) groups is 2. The molecule has 0 radical (unpaired) electrons. The molecule has 154 valence electrons. The molecular weight excluding hydrogens is 366 g/mol. The number of nitrogens with two attached hydrogens (primary N) is 1. The first kappa shape index (κ1) is 25.4. The van der Waals surface area contributed by atoms with Gasteiger partial charge in [-0.3, -0.25) is 9.59 Å². The van der Waals surface area contributed by atoms with Crippen LogP contribution in [0.4, 0.5) is 0 Å². The van der Waals surface area contributed by atoms with E-state index in [1.54, 1.807) is 0 Å². The number of aliphatic hydroxyl groups is 1. The molecule has 0 aliphatic rings. The Balaban J connectivity index is 0.00000676. The van der Waals surface area contributed by atoms with E-state index in [2.05, 4.69) is 10.6 Å². The standard InChI is InChI=1S/C20H33N3O3.ClH/c1-13(2)11-15(21)18(25)22-16(12-14-9-7-6-8-10-14)17(24)19(26)23-20(3,4)5;/h6-10,13,15-17,24H,11-12,21H2,1-5H3,(H,22,25)(H,23,26);1H/t15-,16?,17?;/m0./s1. The molecule has 0 heterocycles. The number of aliphatic hydroxyl groups excluding tert-OH is 1. The number of benzene rings is 1. The fourth-order valence-electron chi connectivity index (χ4n) is 2.64. The first-order valence-corrected chi connectivity index (χ1v) is 9.09. The third-order valence-corrected chi connectivity index (χ3v) is 3.84. The zero-order chi connectivity index (χ0) is 19.9. The number of hydrogen-bond donors (Lipinski definition) is 4. The fraction of sp³-hybridized carbons (Fsp3) is 0.600. The first-order chi connectivity index (χ1) is 12.0. The number of rotatable bonds is 8. The van der Waals surface area contributed by atoms with Gasteiger partial charge in [-0.25, -0.2) is 0 Å². The van der Waals surface area contributed by atoms with E-state index in [0.29, 0.717) is 12.8 Å². The quantitative estimate of drug-likeness (QED) is 0.534. The van der Waals surface area contributed by atoms with Crippen molar-refractivity contribution in [1.29, 1.82) is 0 Å². The predicted molar refractivity (Wildman–Crippen MR) is 111 cm³/mol. The number of nitrogens with one attached hydrogen (secondary N) is 2. The number of amides is 2. The average molecular weight is 400 g/mol. The molecule has 0 aliphatic heterocycles. The minimum Gasteiger partial charge on any atom is -0.381 e. The molecule has 7 heteroatoms. The van der Waals surface area contributed by atoms with Gasteiger partial charge in [0, 0.05) is 5.54 Å². The van der Waals surface area contributed by atoms with Crippen molar-refractivity contribution in [3.63, 3.8) is 0 Å². The Morgan fingerprint density at radius 2 is 1.67 bits per heavy atom. The van der Waals surface area contributed by atoms with E-state index in [-0.39, 0.29) is 24.2 Å². The van der Waals surface area contributed by atoms with Gasteiger partial charge in [-0.2, -0.15) is 0 Å². The van der Waals surface area contributed by atoms with Crippen LogP contribution in [0, 0.1) is 5.92 Å². The van der Waals surface area contributed by atoms with E-state index >= 15 is 0 Å². The topological polar surface area (TPSA) is 104 Å². The van der Waals surface area contributed by atoms with Crippen LogP contribution in [-0.4, -0.2) is 40.6 Å². The molecule has 27 heavy (non-hydrogen) atoms. The Hall–Kier alpha value is -1.63. The molecule has 1 aromatic rings. The summed E-state index contributed by atoms with van der Waals surface area (Å²) in [5.74, 6) is -0.601. The van der Waals surface area contributed by atoms with Crippen LogP contribution in [0.1, 0.15) is 46.6 Å². The van der Waals surface area contributed by atoms with Gasteiger partial charge in [-0.15, -0.1) is 12.4 Å². The lowest BCUT2D eigenvalue weighted by molar-refractivity contribution is -0.133. The summed E-state index contributed by atoms with van der Waals surface area (Å²) in [6.45, 7) is 9.48. The lowest BCUT2D eigenvalue weighted by Crippen LogP contribution is -2.57. The van der Waals surface area contributed by atoms with Gasteiger partial charge in [0.2, 0.25) is 5.91 Å². The first-order valence-electron chi connectivity index (χ1n) is 9.09. The van der Waals surface area contributed by atoms with E-state index in [0.717, 1.165) is 5.56 Å². The highest BCUT2D eigenvalue weighted by Crippen LogP contribution is 2.10. The molecule has 0 aromatic heterocycles. The molecule has 3 atom stereocenters. The number of halogens is 1. The second kappa shape index (κ2) is 11.3. The van der Waals surface area contributed by atoms with Gasteiger partial charge in [0.05, 0.1) is 12.1 Å². The van der Waals surface area contributed by atoms with Crippen LogP contribution in [-0.2, 0) is 16.0 Å². The van der Waals surface area contributed by atoms with Crippen molar-refractivity contribution in [2.45, 2.75) is 71.2 Å². The van der Waals surface area contributed by atoms with Crippen molar-refractivity contribution in [2.75, 3.05) is 0 Å². The molecule has 1 rings (SSSR count). The van der Waals surface area contributed by atoms with Gasteiger partial charge in [0.15, 0.2) is 6.10 Å². The summed E-state index contributed by atoms with van der Waals surface area (Å²) in [6.07, 6.45) is -0.502. The van der Waals surface area contributed by atoms with E-state index < -0.39 is 29.6 Å². The smallest absolute Gasteiger partial charge is 0.251 e. The molecule has 2 amide bonds. The van der Waals surface area contributed by atoms with E-state index in [1.165, 1.54) is 0 Å². The molecule has 0 spiro atoms. The molecule has 6 nitrogen and oxygen atoms in total. The molecule has 0 saturated heterocycles. The summed E-state index contributed by atoms with van der Waals surface area (Å²) < 4.78 is 0. The molecule has 1 aromatic carbocycles. The van der Waals surface area contributed by atoms with Gasteiger partial charge in [-0.05, 0) is 45.1 Å².